The molecule has 0 fully saturated rings. The molecule has 45 valence electrons. The van der Waals surface area contributed by atoms with E-state index in [9.17, 15) is 0 Å². The molecule has 0 amide bonds. The summed E-state index contributed by atoms with van der Waals surface area (Å²) in [6.07, 6.45) is 4.73. The molecule has 0 unspecified atom stereocenters. The fourth-order valence-electron chi connectivity index (χ4n) is 0.289. The van der Waals surface area contributed by atoms with Gasteiger partial charge in [0.15, 0.2) is 0 Å². The van der Waals surface area contributed by atoms with Gasteiger partial charge in [0.1, 0.15) is 0 Å². The summed E-state index contributed by atoms with van der Waals surface area (Å²) in [6, 6.07) is 0. The van der Waals surface area contributed by atoms with Crippen molar-refractivity contribution in [3.05, 3.63) is 6.42 Å². The van der Waals surface area contributed by atoms with E-state index in [2.05, 4.69) is 20.3 Å². The molecule has 0 heterocycles. The molecule has 0 aromatic carbocycles. The molecule has 0 spiro atoms. The minimum absolute atomic E-state index is 0. The van der Waals surface area contributed by atoms with Gasteiger partial charge in [0, 0.05) is 18.6 Å². The zero-order valence-corrected chi connectivity index (χ0v) is 5.84. The third kappa shape index (κ3) is 20.7. The van der Waals surface area contributed by atoms with Crippen LogP contribution in [-0.4, -0.2) is 0 Å². The van der Waals surface area contributed by atoms with Gasteiger partial charge in [-0.25, -0.2) is 0 Å². The fourth-order valence-corrected chi connectivity index (χ4v) is 0.289. The molecule has 7 heavy (non-hydrogen) atoms. The number of rotatable bonds is 2. The van der Waals surface area contributed by atoms with Crippen molar-refractivity contribution in [2.45, 2.75) is 34.1 Å². The SMILES string of the molecule is C.C[CH-]CCC.[V]. The Morgan fingerprint density at radius 1 is 1.43 bits per heavy atom. The number of hydrogen-bond acceptors (Lipinski definition) is 0. The third-order valence-electron chi connectivity index (χ3n) is 0.577. The maximum Gasteiger partial charge on any atom is 0 e. The summed E-state index contributed by atoms with van der Waals surface area (Å²) in [7, 11) is 0. The van der Waals surface area contributed by atoms with Gasteiger partial charge >= 0.3 is 0 Å². The van der Waals surface area contributed by atoms with E-state index in [1.54, 1.807) is 0 Å². The molecular formula is C6H15V-. The maximum atomic E-state index is 2.18. The van der Waals surface area contributed by atoms with Crippen molar-refractivity contribution in [2.24, 2.45) is 0 Å². The van der Waals surface area contributed by atoms with Crippen molar-refractivity contribution in [1.82, 2.24) is 0 Å². The molecule has 0 saturated carbocycles. The summed E-state index contributed by atoms with van der Waals surface area (Å²) < 4.78 is 0. The molecule has 0 nitrogen and oxygen atoms in total. The van der Waals surface area contributed by atoms with E-state index in [1.165, 1.54) is 12.8 Å². The number of hydrogen-bond donors (Lipinski definition) is 0. The van der Waals surface area contributed by atoms with Gasteiger partial charge in [-0.05, 0) is 0 Å². The van der Waals surface area contributed by atoms with Gasteiger partial charge in [-0.1, -0.05) is 20.8 Å². The maximum absolute atomic E-state index is 2.18. The zero-order valence-electron chi connectivity index (χ0n) is 4.44. The van der Waals surface area contributed by atoms with Crippen molar-refractivity contribution >= 4 is 0 Å². The summed E-state index contributed by atoms with van der Waals surface area (Å²) in [5, 5.41) is 0. The Kier molecular flexibility index (Phi) is 35.7. The van der Waals surface area contributed by atoms with Crippen molar-refractivity contribution in [3.63, 3.8) is 0 Å². The molecule has 1 radical (unpaired) electrons. The first-order valence-electron chi connectivity index (χ1n) is 2.19. The van der Waals surface area contributed by atoms with E-state index in [-0.39, 0.29) is 26.0 Å². The van der Waals surface area contributed by atoms with Crippen LogP contribution in [0, 0.1) is 6.42 Å². The van der Waals surface area contributed by atoms with Gasteiger partial charge in [0.25, 0.3) is 0 Å². The molecule has 0 N–H and O–H groups in total. The Balaban J connectivity index is -0.0000000800. The van der Waals surface area contributed by atoms with E-state index in [0.717, 1.165) is 0 Å². The van der Waals surface area contributed by atoms with E-state index in [0.29, 0.717) is 0 Å². The molecular weight excluding hydrogens is 123 g/mol. The van der Waals surface area contributed by atoms with Crippen molar-refractivity contribution in [1.29, 1.82) is 0 Å². The Labute approximate surface area is 59.6 Å². The molecule has 0 aromatic rings. The van der Waals surface area contributed by atoms with Gasteiger partial charge in [0.05, 0.1) is 0 Å². The smallest absolute Gasteiger partial charge is 0 e. The summed E-state index contributed by atoms with van der Waals surface area (Å²) >= 11 is 0. The Hall–Kier alpha value is 0.584. The summed E-state index contributed by atoms with van der Waals surface area (Å²) in [4.78, 5) is 0. The van der Waals surface area contributed by atoms with Crippen LogP contribution < -0.4 is 0 Å². The second-order valence-corrected chi connectivity index (χ2v) is 1.20. The molecule has 0 aromatic heterocycles. The van der Waals surface area contributed by atoms with E-state index >= 15 is 0 Å². The van der Waals surface area contributed by atoms with Crippen LogP contribution in [-0.2, 0) is 18.6 Å². The standard InChI is InChI=1S/C5H11.CH4.V/c1-3-5-4-2;;/h3H,4-5H2,1-2H3;1H4;/q-1;;. The molecule has 0 saturated heterocycles. The first-order valence-corrected chi connectivity index (χ1v) is 2.19. The Bertz CT molecular complexity index is 11.7. The summed E-state index contributed by atoms with van der Waals surface area (Å²) in [6.45, 7) is 4.27. The van der Waals surface area contributed by atoms with Crippen LogP contribution >= 0.6 is 0 Å². The number of unbranched alkanes of at least 4 members (excludes halogenated alkanes) is 2. The Morgan fingerprint density at radius 2 is 1.86 bits per heavy atom. The monoisotopic (exact) mass is 138 g/mol. The normalized spacial score (nSPS) is 6.00. The van der Waals surface area contributed by atoms with E-state index in [4.69, 9.17) is 0 Å². The largest absolute Gasteiger partial charge is 0.332 e. The summed E-state index contributed by atoms with van der Waals surface area (Å²) in [5.41, 5.74) is 0. The minimum atomic E-state index is 0. The van der Waals surface area contributed by atoms with Gasteiger partial charge in [-0.3, -0.25) is 0 Å². The van der Waals surface area contributed by atoms with Crippen LogP contribution in [0.25, 0.3) is 0 Å². The minimum Gasteiger partial charge on any atom is -0.332 e. The first kappa shape index (κ1) is 15.6. The Morgan fingerprint density at radius 3 is 1.86 bits per heavy atom. The molecule has 0 aliphatic carbocycles. The van der Waals surface area contributed by atoms with Crippen LogP contribution in [0.5, 0.6) is 0 Å². The molecule has 0 atom stereocenters. The molecule has 1 heteroatoms. The van der Waals surface area contributed by atoms with Crippen LogP contribution in [0.3, 0.4) is 0 Å². The topological polar surface area (TPSA) is 0 Å². The predicted octanol–water partition coefficient (Wildman–Crippen LogP) is 2.64. The quantitative estimate of drug-likeness (QED) is 0.514. The third-order valence-corrected chi connectivity index (χ3v) is 0.577. The van der Waals surface area contributed by atoms with Gasteiger partial charge in [0.2, 0.25) is 0 Å². The second kappa shape index (κ2) is 16.0. The van der Waals surface area contributed by atoms with Crippen molar-refractivity contribution in [3.8, 4) is 0 Å². The molecule has 0 aliphatic heterocycles. The van der Waals surface area contributed by atoms with E-state index < -0.39 is 0 Å². The average Bonchev–Trinajstić information content (AvgIpc) is 1.41. The van der Waals surface area contributed by atoms with Gasteiger partial charge in [-0.2, -0.15) is 13.3 Å². The average molecular weight is 138 g/mol. The van der Waals surface area contributed by atoms with Crippen LogP contribution in [0.1, 0.15) is 34.1 Å². The fraction of sp³-hybridized carbons (Fsp3) is 0.833. The van der Waals surface area contributed by atoms with Crippen molar-refractivity contribution in [2.75, 3.05) is 0 Å². The first-order chi connectivity index (χ1) is 2.41. The molecule has 0 bridgehead atoms. The van der Waals surface area contributed by atoms with Crippen LogP contribution in [0.15, 0.2) is 0 Å². The second-order valence-electron chi connectivity index (χ2n) is 1.20. The van der Waals surface area contributed by atoms with Gasteiger partial charge < -0.3 is 6.42 Å². The van der Waals surface area contributed by atoms with Crippen LogP contribution in [0.4, 0.5) is 0 Å². The van der Waals surface area contributed by atoms with Crippen LogP contribution in [0.2, 0.25) is 0 Å². The molecule has 0 rings (SSSR count). The molecule has 0 aliphatic rings. The zero-order chi connectivity index (χ0) is 4.12. The van der Waals surface area contributed by atoms with Crippen molar-refractivity contribution < 1.29 is 18.6 Å². The summed E-state index contributed by atoms with van der Waals surface area (Å²) in [5.74, 6) is 0. The van der Waals surface area contributed by atoms with E-state index in [1.807, 2.05) is 0 Å². The predicted molar refractivity (Wildman–Crippen MR) is 31.6 cm³/mol. The van der Waals surface area contributed by atoms with Gasteiger partial charge in [-0.15, -0.1) is 0 Å².